The molecule has 0 N–H and O–H groups in total. The highest BCUT2D eigenvalue weighted by Gasteiger charge is 2.25. The minimum absolute atomic E-state index is 0.156. The van der Waals surface area contributed by atoms with Gasteiger partial charge in [-0.25, -0.2) is 9.59 Å². The molecule has 168 valence electrons. The molecule has 2 amide bonds. The first-order valence-electron chi connectivity index (χ1n) is 10.5. The van der Waals surface area contributed by atoms with E-state index in [9.17, 15) is 19.6 Å². The SMILES string of the molecule is CCCn1c(C)cc(C=C(C#N)C(=O)OCC(=O)N2CCN(C(=O)OCC)CC2)c1C. The summed E-state index contributed by atoms with van der Waals surface area (Å²) in [6.45, 7) is 9.81. The zero-order valence-electron chi connectivity index (χ0n) is 18.6. The van der Waals surface area contributed by atoms with E-state index in [0.717, 1.165) is 29.9 Å². The summed E-state index contributed by atoms with van der Waals surface area (Å²) >= 11 is 0. The van der Waals surface area contributed by atoms with Crippen molar-refractivity contribution in [3.8, 4) is 6.07 Å². The molecular formula is C22H30N4O5. The van der Waals surface area contributed by atoms with Crippen molar-refractivity contribution in [3.63, 3.8) is 0 Å². The van der Waals surface area contributed by atoms with Crippen molar-refractivity contribution in [2.75, 3.05) is 39.4 Å². The minimum atomic E-state index is -0.832. The molecule has 0 spiro atoms. The lowest BCUT2D eigenvalue weighted by Crippen LogP contribution is -2.51. The number of nitriles is 1. The number of nitrogens with zero attached hydrogens (tertiary/aromatic N) is 4. The number of carbonyl (C=O) groups is 3. The van der Waals surface area contributed by atoms with Crippen LogP contribution in [0.15, 0.2) is 11.6 Å². The monoisotopic (exact) mass is 430 g/mol. The van der Waals surface area contributed by atoms with Crippen LogP contribution in [0.3, 0.4) is 0 Å². The molecule has 0 radical (unpaired) electrons. The Labute approximate surface area is 182 Å². The zero-order valence-corrected chi connectivity index (χ0v) is 18.6. The Balaban J connectivity index is 1.93. The normalized spacial score (nSPS) is 14.2. The molecule has 1 fully saturated rings. The van der Waals surface area contributed by atoms with Crippen molar-refractivity contribution in [2.45, 2.75) is 40.7 Å². The number of carbonyl (C=O) groups excluding carboxylic acids is 3. The number of esters is 1. The van der Waals surface area contributed by atoms with E-state index >= 15 is 0 Å². The second kappa shape index (κ2) is 11.2. The van der Waals surface area contributed by atoms with E-state index in [1.807, 2.05) is 26.0 Å². The van der Waals surface area contributed by atoms with Crippen LogP contribution in [0.1, 0.15) is 37.2 Å². The molecule has 1 aliphatic heterocycles. The Morgan fingerprint density at radius 3 is 2.32 bits per heavy atom. The van der Waals surface area contributed by atoms with Gasteiger partial charge in [0.15, 0.2) is 6.61 Å². The smallest absolute Gasteiger partial charge is 0.409 e. The van der Waals surface area contributed by atoms with E-state index in [2.05, 4.69) is 11.5 Å². The van der Waals surface area contributed by atoms with Crippen LogP contribution in [0.5, 0.6) is 0 Å². The van der Waals surface area contributed by atoms with Crippen molar-refractivity contribution < 1.29 is 23.9 Å². The van der Waals surface area contributed by atoms with Gasteiger partial charge in [-0.2, -0.15) is 5.26 Å². The lowest BCUT2D eigenvalue weighted by molar-refractivity contribution is -0.149. The molecule has 0 unspecified atom stereocenters. The second-order valence-corrected chi connectivity index (χ2v) is 7.29. The Morgan fingerprint density at radius 2 is 1.74 bits per heavy atom. The zero-order chi connectivity index (χ0) is 23.0. The summed E-state index contributed by atoms with van der Waals surface area (Å²) in [7, 11) is 0. The van der Waals surface area contributed by atoms with Crippen LogP contribution in [0, 0.1) is 25.2 Å². The minimum Gasteiger partial charge on any atom is -0.451 e. The van der Waals surface area contributed by atoms with Crippen LogP contribution in [0.25, 0.3) is 6.08 Å². The lowest BCUT2D eigenvalue weighted by atomic mass is 10.1. The van der Waals surface area contributed by atoms with Crippen molar-refractivity contribution in [2.24, 2.45) is 0 Å². The van der Waals surface area contributed by atoms with Gasteiger partial charge in [0.05, 0.1) is 6.61 Å². The third-order valence-electron chi connectivity index (χ3n) is 5.19. The molecule has 0 bridgehead atoms. The van der Waals surface area contributed by atoms with E-state index in [0.29, 0.717) is 32.8 Å². The molecule has 1 aliphatic rings. The van der Waals surface area contributed by atoms with Gasteiger partial charge in [-0.3, -0.25) is 4.79 Å². The molecule has 31 heavy (non-hydrogen) atoms. The summed E-state index contributed by atoms with van der Waals surface area (Å²) in [4.78, 5) is 39.5. The van der Waals surface area contributed by atoms with Gasteiger partial charge >= 0.3 is 12.1 Å². The topological polar surface area (TPSA) is 105 Å². The van der Waals surface area contributed by atoms with Crippen LogP contribution in [-0.4, -0.2) is 71.7 Å². The third-order valence-corrected chi connectivity index (χ3v) is 5.19. The van der Waals surface area contributed by atoms with Crippen molar-refractivity contribution in [1.82, 2.24) is 14.4 Å². The molecule has 1 aromatic rings. The predicted molar refractivity (Wildman–Crippen MR) is 114 cm³/mol. The molecule has 2 rings (SSSR count). The van der Waals surface area contributed by atoms with Gasteiger partial charge in [-0.15, -0.1) is 0 Å². The number of aromatic nitrogens is 1. The first-order chi connectivity index (χ1) is 14.8. The predicted octanol–water partition coefficient (Wildman–Crippen LogP) is 2.27. The first kappa shape index (κ1) is 24.0. The number of amides is 2. The average molecular weight is 431 g/mol. The Morgan fingerprint density at radius 1 is 1.10 bits per heavy atom. The quantitative estimate of drug-likeness (QED) is 0.373. The average Bonchev–Trinajstić information content (AvgIpc) is 3.03. The van der Waals surface area contributed by atoms with Crippen LogP contribution < -0.4 is 0 Å². The molecule has 1 aromatic heterocycles. The molecular weight excluding hydrogens is 400 g/mol. The van der Waals surface area contributed by atoms with Gasteiger partial charge in [0.1, 0.15) is 11.6 Å². The maximum atomic E-state index is 12.4. The third kappa shape index (κ3) is 6.10. The maximum Gasteiger partial charge on any atom is 0.409 e. The number of hydrogen-bond acceptors (Lipinski definition) is 6. The highest BCUT2D eigenvalue weighted by atomic mass is 16.6. The summed E-state index contributed by atoms with van der Waals surface area (Å²) < 4.78 is 12.2. The van der Waals surface area contributed by atoms with Crippen molar-refractivity contribution in [1.29, 1.82) is 5.26 Å². The fourth-order valence-electron chi connectivity index (χ4n) is 3.48. The number of rotatable bonds is 7. The molecule has 9 nitrogen and oxygen atoms in total. The molecule has 9 heteroatoms. The number of ether oxygens (including phenoxy) is 2. The van der Waals surface area contributed by atoms with E-state index in [1.54, 1.807) is 6.92 Å². The van der Waals surface area contributed by atoms with E-state index in [4.69, 9.17) is 9.47 Å². The summed E-state index contributed by atoms with van der Waals surface area (Å²) in [5.41, 5.74) is 2.64. The second-order valence-electron chi connectivity index (χ2n) is 7.29. The summed E-state index contributed by atoms with van der Waals surface area (Å²) in [6.07, 6.45) is 2.07. The lowest BCUT2D eigenvalue weighted by Gasteiger charge is -2.33. The summed E-state index contributed by atoms with van der Waals surface area (Å²) in [5.74, 6) is -1.20. The largest absolute Gasteiger partial charge is 0.451 e. The van der Waals surface area contributed by atoms with Gasteiger partial charge in [0, 0.05) is 44.1 Å². The van der Waals surface area contributed by atoms with Gasteiger partial charge in [-0.05, 0) is 44.9 Å². The van der Waals surface area contributed by atoms with Gasteiger partial charge in [0.25, 0.3) is 5.91 Å². The Bertz CT molecular complexity index is 888. The number of piperazine rings is 1. The summed E-state index contributed by atoms with van der Waals surface area (Å²) in [6, 6.07) is 3.79. The highest BCUT2D eigenvalue weighted by Crippen LogP contribution is 2.19. The Kier molecular flexibility index (Phi) is 8.67. The fourth-order valence-corrected chi connectivity index (χ4v) is 3.48. The van der Waals surface area contributed by atoms with Crippen LogP contribution in [0.2, 0.25) is 0 Å². The molecule has 1 saturated heterocycles. The van der Waals surface area contributed by atoms with Crippen LogP contribution in [0.4, 0.5) is 4.79 Å². The standard InChI is InChI=1S/C22H30N4O5/c1-5-7-26-16(3)12-18(17(26)4)13-19(14-23)21(28)31-15-20(27)24-8-10-25(11-9-24)22(29)30-6-2/h12-13H,5-11,15H2,1-4H3. The summed E-state index contributed by atoms with van der Waals surface area (Å²) in [5, 5.41) is 9.40. The van der Waals surface area contributed by atoms with Crippen LogP contribution in [-0.2, 0) is 25.6 Å². The van der Waals surface area contributed by atoms with E-state index in [1.165, 1.54) is 15.9 Å². The number of aryl methyl sites for hydroxylation is 1. The maximum absolute atomic E-state index is 12.4. The molecule has 0 aliphatic carbocycles. The van der Waals surface area contributed by atoms with Crippen molar-refractivity contribution in [3.05, 3.63) is 28.6 Å². The van der Waals surface area contributed by atoms with E-state index in [-0.39, 0.29) is 11.5 Å². The molecule has 0 saturated carbocycles. The first-order valence-corrected chi connectivity index (χ1v) is 10.5. The van der Waals surface area contributed by atoms with Gasteiger partial charge < -0.3 is 23.8 Å². The van der Waals surface area contributed by atoms with Crippen LogP contribution >= 0.6 is 0 Å². The highest BCUT2D eigenvalue weighted by molar-refractivity contribution is 5.99. The van der Waals surface area contributed by atoms with Gasteiger partial charge in [-0.1, -0.05) is 6.92 Å². The van der Waals surface area contributed by atoms with Gasteiger partial charge in [0.2, 0.25) is 0 Å². The van der Waals surface area contributed by atoms with Crippen molar-refractivity contribution >= 4 is 24.0 Å². The van der Waals surface area contributed by atoms with E-state index < -0.39 is 18.7 Å². The molecule has 0 atom stereocenters. The fraction of sp³-hybridized carbons (Fsp3) is 0.545. The number of hydrogen-bond donors (Lipinski definition) is 0. The molecule has 0 aromatic carbocycles. The Hall–Kier alpha value is -3.28. The molecule has 2 heterocycles.